The summed E-state index contributed by atoms with van der Waals surface area (Å²) < 4.78 is 0. The van der Waals surface area contributed by atoms with Gasteiger partial charge < -0.3 is 10.6 Å². The molecule has 0 aromatic heterocycles. The van der Waals surface area contributed by atoms with Gasteiger partial charge in [0.1, 0.15) is 0 Å². The van der Waals surface area contributed by atoms with Crippen LogP contribution in [-0.4, -0.2) is 43.5 Å². The first kappa shape index (κ1) is 22.2. The molecule has 1 amide bonds. The van der Waals surface area contributed by atoms with E-state index in [0.717, 1.165) is 44.8 Å². The molecule has 2 N–H and O–H groups in total. The molecule has 0 atom stereocenters. The number of halogens is 2. The third kappa shape index (κ3) is 7.08. The molecule has 0 unspecified atom stereocenters. The lowest BCUT2D eigenvalue weighted by Crippen LogP contribution is -2.48. The van der Waals surface area contributed by atoms with Gasteiger partial charge in [-0.3, -0.25) is 9.69 Å². The minimum Gasteiger partial charge on any atom is -0.352 e. The lowest BCUT2D eigenvalue weighted by Gasteiger charge is -2.27. The maximum absolute atomic E-state index is 12.0. The van der Waals surface area contributed by atoms with E-state index in [1.165, 1.54) is 12.0 Å². The van der Waals surface area contributed by atoms with E-state index in [1.54, 1.807) is 0 Å². The first-order valence-electron chi connectivity index (χ1n) is 8.03. The molecule has 6 heteroatoms. The van der Waals surface area contributed by atoms with Crippen molar-refractivity contribution in [3.8, 4) is 0 Å². The number of benzene rings is 1. The Bertz CT molecular complexity index is 450. The van der Waals surface area contributed by atoms with Crippen LogP contribution in [0, 0.1) is 5.92 Å². The van der Waals surface area contributed by atoms with Gasteiger partial charge in [0.05, 0.1) is 0 Å². The number of nitrogens with zero attached hydrogens (tertiary/aromatic N) is 1. The second-order valence-electron chi connectivity index (χ2n) is 5.80. The van der Waals surface area contributed by atoms with Gasteiger partial charge in [-0.05, 0) is 37.2 Å². The molecular weight excluding hydrogens is 333 g/mol. The Morgan fingerprint density at radius 3 is 2.35 bits per heavy atom. The molecule has 1 aliphatic rings. The van der Waals surface area contributed by atoms with Gasteiger partial charge in [0, 0.05) is 37.7 Å². The smallest absolute Gasteiger partial charge is 0.251 e. The van der Waals surface area contributed by atoms with Gasteiger partial charge in [-0.15, -0.1) is 24.8 Å². The summed E-state index contributed by atoms with van der Waals surface area (Å²) in [7, 11) is 0. The van der Waals surface area contributed by atoms with Crippen LogP contribution in [0.4, 0.5) is 0 Å². The zero-order valence-electron chi connectivity index (χ0n) is 14.0. The van der Waals surface area contributed by atoms with E-state index in [4.69, 9.17) is 0 Å². The van der Waals surface area contributed by atoms with Gasteiger partial charge >= 0.3 is 0 Å². The second-order valence-corrected chi connectivity index (χ2v) is 5.80. The number of carbonyl (C=O) groups excluding carboxylic acids is 1. The van der Waals surface area contributed by atoms with Crippen LogP contribution in [0.1, 0.15) is 36.2 Å². The third-order valence-electron chi connectivity index (χ3n) is 4.03. The van der Waals surface area contributed by atoms with Gasteiger partial charge in [0.2, 0.25) is 0 Å². The predicted molar refractivity (Wildman–Crippen MR) is 101 cm³/mol. The quantitative estimate of drug-likeness (QED) is 0.748. The summed E-state index contributed by atoms with van der Waals surface area (Å²) in [6, 6.07) is 8.00. The number of amides is 1. The Morgan fingerprint density at radius 1 is 1.22 bits per heavy atom. The predicted octanol–water partition coefficient (Wildman–Crippen LogP) is 2.71. The Morgan fingerprint density at radius 2 is 1.87 bits per heavy atom. The van der Waals surface area contributed by atoms with E-state index in [2.05, 4.69) is 41.5 Å². The molecule has 1 heterocycles. The number of nitrogens with one attached hydrogen (secondary N) is 2. The molecule has 0 spiro atoms. The number of hydrogen-bond donors (Lipinski definition) is 2. The van der Waals surface area contributed by atoms with Gasteiger partial charge in [0.25, 0.3) is 5.91 Å². The van der Waals surface area contributed by atoms with Crippen molar-refractivity contribution in [2.75, 3.05) is 32.7 Å². The van der Waals surface area contributed by atoms with E-state index >= 15 is 0 Å². The molecule has 0 bridgehead atoms. The summed E-state index contributed by atoms with van der Waals surface area (Å²) in [5.74, 6) is 0.634. The lowest BCUT2D eigenvalue weighted by molar-refractivity contribution is 0.0942. The Kier molecular flexibility index (Phi) is 11.3. The van der Waals surface area contributed by atoms with Crippen LogP contribution in [-0.2, 0) is 6.54 Å². The number of hydrogen-bond acceptors (Lipinski definition) is 3. The van der Waals surface area contributed by atoms with Crippen molar-refractivity contribution in [3.05, 3.63) is 35.4 Å². The van der Waals surface area contributed by atoms with Gasteiger partial charge in [0.15, 0.2) is 0 Å². The van der Waals surface area contributed by atoms with Crippen molar-refractivity contribution >= 4 is 30.7 Å². The fourth-order valence-electron chi connectivity index (χ4n) is 2.52. The lowest BCUT2D eigenvalue weighted by atomic mass is 10.0. The molecule has 1 saturated heterocycles. The molecular formula is C17H29Cl2N3O. The standard InChI is InChI=1S/C17H27N3O.2ClH/c1-3-9-20(4-2)13-14-5-7-16(8-6-14)17(21)19-12-15-10-18-11-15;;/h5-8,15,18H,3-4,9-13H2,1-2H3,(H,19,21);2*1H. The minimum absolute atomic E-state index is 0. The highest BCUT2D eigenvalue weighted by atomic mass is 35.5. The number of rotatable bonds is 8. The molecule has 0 aliphatic carbocycles. The Hall–Kier alpha value is -0.810. The zero-order chi connectivity index (χ0) is 15.1. The monoisotopic (exact) mass is 361 g/mol. The topological polar surface area (TPSA) is 44.4 Å². The zero-order valence-corrected chi connectivity index (χ0v) is 15.6. The summed E-state index contributed by atoms with van der Waals surface area (Å²) in [6.07, 6.45) is 1.17. The summed E-state index contributed by atoms with van der Waals surface area (Å²) in [5.41, 5.74) is 2.02. The van der Waals surface area contributed by atoms with Crippen LogP contribution in [0.25, 0.3) is 0 Å². The summed E-state index contributed by atoms with van der Waals surface area (Å²) in [4.78, 5) is 14.5. The highest BCUT2D eigenvalue weighted by molar-refractivity contribution is 5.94. The molecule has 4 nitrogen and oxygen atoms in total. The third-order valence-corrected chi connectivity index (χ3v) is 4.03. The van der Waals surface area contributed by atoms with E-state index in [-0.39, 0.29) is 30.7 Å². The first-order valence-corrected chi connectivity index (χ1v) is 8.03. The van der Waals surface area contributed by atoms with E-state index in [9.17, 15) is 4.79 Å². The summed E-state index contributed by atoms with van der Waals surface area (Å²) in [5, 5.41) is 6.21. The van der Waals surface area contributed by atoms with E-state index in [1.807, 2.05) is 12.1 Å². The number of carbonyl (C=O) groups is 1. The van der Waals surface area contributed by atoms with Crippen molar-refractivity contribution in [1.29, 1.82) is 0 Å². The molecule has 2 rings (SSSR count). The molecule has 132 valence electrons. The Balaban J connectivity index is 0.00000242. The summed E-state index contributed by atoms with van der Waals surface area (Å²) in [6.45, 7) is 10.3. The maximum atomic E-state index is 12.0. The van der Waals surface area contributed by atoms with Crippen molar-refractivity contribution in [1.82, 2.24) is 15.5 Å². The van der Waals surface area contributed by atoms with Crippen molar-refractivity contribution in [3.63, 3.8) is 0 Å². The molecule has 0 saturated carbocycles. The highest BCUT2D eigenvalue weighted by Gasteiger charge is 2.17. The minimum atomic E-state index is 0. The van der Waals surface area contributed by atoms with Crippen molar-refractivity contribution in [2.24, 2.45) is 5.92 Å². The Labute approximate surface area is 152 Å². The van der Waals surface area contributed by atoms with Gasteiger partial charge in [-0.2, -0.15) is 0 Å². The molecule has 1 aromatic carbocycles. The average Bonchev–Trinajstić information content (AvgIpc) is 2.45. The molecule has 1 aromatic rings. The second kappa shape index (κ2) is 11.7. The average molecular weight is 362 g/mol. The van der Waals surface area contributed by atoms with Crippen LogP contribution in [0.2, 0.25) is 0 Å². The van der Waals surface area contributed by atoms with Crippen LogP contribution in [0.15, 0.2) is 24.3 Å². The largest absolute Gasteiger partial charge is 0.352 e. The molecule has 23 heavy (non-hydrogen) atoms. The van der Waals surface area contributed by atoms with Crippen LogP contribution >= 0.6 is 24.8 Å². The maximum Gasteiger partial charge on any atom is 0.251 e. The van der Waals surface area contributed by atoms with E-state index in [0.29, 0.717) is 5.92 Å². The molecule has 0 radical (unpaired) electrons. The molecule has 1 aliphatic heterocycles. The SMILES string of the molecule is CCCN(CC)Cc1ccc(C(=O)NCC2CNC2)cc1.Cl.Cl. The fourth-order valence-corrected chi connectivity index (χ4v) is 2.52. The summed E-state index contributed by atoms with van der Waals surface area (Å²) >= 11 is 0. The van der Waals surface area contributed by atoms with E-state index < -0.39 is 0 Å². The van der Waals surface area contributed by atoms with Gasteiger partial charge in [-0.25, -0.2) is 0 Å². The van der Waals surface area contributed by atoms with Crippen molar-refractivity contribution < 1.29 is 4.79 Å². The van der Waals surface area contributed by atoms with Crippen LogP contribution in [0.5, 0.6) is 0 Å². The fraction of sp³-hybridized carbons (Fsp3) is 0.588. The van der Waals surface area contributed by atoms with Crippen LogP contribution in [0.3, 0.4) is 0 Å². The normalized spacial score (nSPS) is 13.7. The van der Waals surface area contributed by atoms with Crippen LogP contribution < -0.4 is 10.6 Å². The highest BCUT2D eigenvalue weighted by Crippen LogP contribution is 2.09. The van der Waals surface area contributed by atoms with Crippen molar-refractivity contribution in [2.45, 2.75) is 26.8 Å². The molecule has 1 fully saturated rings. The first-order chi connectivity index (χ1) is 10.2. The van der Waals surface area contributed by atoms with Gasteiger partial charge in [-0.1, -0.05) is 26.0 Å².